The number of nitrogens with zero attached hydrogens (tertiary/aromatic N) is 1. The van der Waals surface area contributed by atoms with Crippen molar-refractivity contribution < 1.29 is 14.7 Å². The van der Waals surface area contributed by atoms with Crippen LogP contribution in [0.1, 0.15) is 48.4 Å². The third-order valence-electron chi connectivity index (χ3n) is 3.32. The SMILES string of the molecule is CCCC(NC(=O)c1cc(C)n(CC)c1C)C(=O)O. The summed E-state index contributed by atoms with van der Waals surface area (Å²) >= 11 is 0. The average molecular weight is 266 g/mol. The number of carboxylic acids is 1. The van der Waals surface area contributed by atoms with Gasteiger partial charge in [-0.1, -0.05) is 13.3 Å². The smallest absolute Gasteiger partial charge is 0.326 e. The minimum Gasteiger partial charge on any atom is -0.480 e. The van der Waals surface area contributed by atoms with Crippen LogP contribution in [0.5, 0.6) is 0 Å². The van der Waals surface area contributed by atoms with Crippen molar-refractivity contribution in [3.05, 3.63) is 23.0 Å². The van der Waals surface area contributed by atoms with Crippen LogP contribution in [0.3, 0.4) is 0 Å². The predicted molar refractivity (Wildman–Crippen MR) is 73.4 cm³/mol. The zero-order valence-corrected chi connectivity index (χ0v) is 12.0. The van der Waals surface area contributed by atoms with Crippen molar-refractivity contribution in [1.29, 1.82) is 0 Å². The lowest BCUT2D eigenvalue weighted by molar-refractivity contribution is -0.139. The van der Waals surface area contributed by atoms with Gasteiger partial charge in [-0.15, -0.1) is 0 Å². The summed E-state index contributed by atoms with van der Waals surface area (Å²) in [5, 5.41) is 11.6. The van der Waals surface area contributed by atoms with Gasteiger partial charge in [0, 0.05) is 17.9 Å². The standard InChI is InChI=1S/C14H22N2O3/c1-5-7-12(14(18)19)15-13(17)11-8-9(3)16(6-2)10(11)4/h8,12H,5-7H2,1-4H3,(H,15,17)(H,18,19). The molecule has 1 aromatic rings. The van der Waals surface area contributed by atoms with Crippen LogP contribution >= 0.6 is 0 Å². The first-order chi connectivity index (χ1) is 8.92. The van der Waals surface area contributed by atoms with Crippen LogP contribution in [0.15, 0.2) is 6.07 Å². The van der Waals surface area contributed by atoms with Crippen molar-refractivity contribution in [2.45, 2.75) is 53.1 Å². The van der Waals surface area contributed by atoms with E-state index in [1.165, 1.54) is 0 Å². The molecular weight excluding hydrogens is 244 g/mol. The number of aryl methyl sites for hydroxylation is 1. The molecule has 1 rings (SSSR count). The predicted octanol–water partition coefficient (Wildman–Crippen LogP) is 2.11. The van der Waals surface area contributed by atoms with E-state index >= 15 is 0 Å². The van der Waals surface area contributed by atoms with Crippen LogP contribution in [0, 0.1) is 13.8 Å². The second-order valence-corrected chi connectivity index (χ2v) is 4.68. The Morgan fingerprint density at radius 3 is 2.42 bits per heavy atom. The van der Waals surface area contributed by atoms with Crippen molar-refractivity contribution >= 4 is 11.9 Å². The molecule has 5 heteroatoms. The molecule has 0 saturated heterocycles. The van der Waals surface area contributed by atoms with E-state index in [2.05, 4.69) is 5.32 Å². The molecule has 1 unspecified atom stereocenters. The highest BCUT2D eigenvalue weighted by molar-refractivity contribution is 5.97. The summed E-state index contributed by atoms with van der Waals surface area (Å²) in [6.07, 6.45) is 1.15. The van der Waals surface area contributed by atoms with Gasteiger partial charge in [-0.2, -0.15) is 0 Å². The van der Waals surface area contributed by atoms with E-state index in [9.17, 15) is 9.59 Å². The fourth-order valence-corrected chi connectivity index (χ4v) is 2.30. The second-order valence-electron chi connectivity index (χ2n) is 4.68. The quantitative estimate of drug-likeness (QED) is 0.828. The fraction of sp³-hybridized carbons (Fsp3) is 0.571. The Morgan fingerprint density at radius 2 is 2.00 bits per heavy atom. The maximum absolute atomic E-state index is 12.1. The van der Waals surface area contributed by atoms with E-state index in [0.717, 1.165) is 17.9 Å². The van der Waals surface area contributed by atoms with Crippen molar-refractivity contribution in [1.82, 2.24) is 9.88 Å². The third kappa shape index (κ3) is 3.36. The van der Waals surface area contributed by atoms with Gasteiger partial charge in [0.25, 0.3) is 5.91 Å². The highest BCUT2D eigenvalue weighted by Crippen LogP contribution is 2.15. The molecule has 0 aromatic carbocycles. The molecule has 0 fully saturated rings. The molecule has 0 aliphatic rings. The van der Waals surface area contributed by atoms with Crippen LogP contribution in [0.25, 0.3) is 0 Å². The number of rotatable bonds is 6. The van der Waals surface area contributed by atoms with E-state index in [4.69, 9.17) is 5.11 Å². The molecule has 0 aliphatic carbocycles. The summed E-state index contributed by atoms with van der Waals surface area (Å²) in [7, 11) is 0. The molecule has 1 heterocycles. The molecule has 1 atom stereocenters. The highest BCUT2D eigenvalue weighted by atomic mass is 16.4. The third-order valence-corrected chi connectivity index (χ3v) is 3.32. The molecule has 0 saturated carbocycles. The van der Waals surface area contributed by atoms with Gasteiger partial charge in [0.15, 0.2) is 0 Å². The van der Waals surface area contributed by atoms with Gasteiger partial charge in [0.1, 0.15) is 6.04 Å². The molecular formula is C14H22N2O3. The van der Waals surface area contributed by atoms with Crippen molar-refractivity contribution in [2.24, 2.45) is 0 Å². The summed E-state index contributed by atoms with van der Waals surface area (Å²) < 4.78 is 2.03. The summed E-state index contributed by atoms with van der Waals surface area (Å²) in [5.74, 6) is -1.30. The number of carboxylic acid groups (broad SMARTS) is 1. The summed E-state index contributed by atoms with van der Waals surface area (Å²) in [6, 6.07) is 0.987. The second kappa shape index (κ2) is 6.41. The zero-order chi connectivity index (χ0) is 14.6. The Morgan fingerprint density at radius 1 is 1.37 bits per heavy atom. The number of aliphatic carboxylic acids is 1. The average Bonchev–Trinajstić information content (AvgIpc) is 2.63. The number of amides is 1. The lowest BCUT2D eigenvalue weighted by atomic mass is 10.1. The Kier molecular flexibility index (Phi) is 5.15. The molecule has 2 N–H and O–H groups in total. The molecule has 106 valence electrons. The van der Waals surface area contributed by atoms with Gasteiger partial charge in [0.2, 0.25) is 0 Å². The number of aromatic nitrogens is 1. The van der Waals surface area contributed by atoms with Gasteiger partial charge in [-0.05, 0) is 33.3 Å². The lowest BCUT2D eigenvalue weighted by Gasteiger charge is -2.13. The molecule has 0 bridgehead atoms. The first-order valence-electron chi connectivity index (χ1n) is 6.62. The molecule has 1 aromatic heterocycles. The minimum atomic E-state index is -0.987. The molecule has 0 spiro atoms. The van der Waals surface area contributed by atoms with E-state index in [1.54, 1.807) is 6.07 Å². The summed E-state index contributed by atoms with van der Waals surface area (Å²) in [4.78, 5) is 23.2. The maximum atomic E-state index is 12.1. The monoisotopic (exact) mass is 266 g/mol. The molecule has 1 amide bonds. The van der Waals surface area contributed by atoms with Gasteiger partial charge >= 0.3 is 5.97 Å². The van der Waals surface area contributed by atoms with Crippen LogP contribution in [-0.2, 0) is 11.3 Å². The topological polar surface area (TPSA) is 71.3 Å². The van der Waals surface area contributed by atoms with Crippen LogP contribution in [0.2, 0.25) is 0 Å². The van der Waals surface area contributed by atoms with Gasteiger partial charge in [-0.25, -0.2) is 4.79 Å². The molecule has 0 aliphatic heterocycles. The van der Waals surface area contributed by atoms with Gasteiger partial charge in [0.05, 0.1) is 5.56 Å². The number of hydrogen-bond acceptors (Lipinski definition) is 2. The van der Waals surface area contributed by atoms with E-state index in [-0.39, 0.29) is 5.91 Å². The van der Waals surface area contributed by atoms with Crippen molar-refractivity contribution in [2.75, 3.05) is 0 Å². The van der Waals surface area contributed by atoms with Gasteiger partial charge < -0.3 is 15.0 Å². The first kappa shape index (κ1) is 15.3. The van der Waals surface area contributed by atoms with Crippen LogP contribution < -0.4 is 5.32 Å². The van der Waals surface area contributed by atoms with Crippen LogP contribution in [-0.4, -0.2) is 27.6 Å². The van der Waals surface area contributed by atoms with Crippen LogP contribution in [0.4, 0.5) is 0 Å². The van der Waals surface area contributed by atoms with E-state index in [0.29, 0.717) is 18.4 Å². The molecule has 19 heavy (non-hydrogen) atoms. The number of carbonyl (C=O) groups is 2. The van der Waals surface area contributed by atoms with E-state index < -0.39 is 12.0 Å². The molecule has 5 nitrogen and oxygen atoms in total. The Labute approximate surface area is 113 Å². The van der Waals surface area contributed by atoms with E-state index in [1.807, 2.05) is 32.3 Å². The minimum absolute atomic E-state index is 0.311. The highest BCUT2D eigenvalue weighted by Gasteiger charge is 2.22. The van der Waals surface area contributed by atoms with Gasteiger partial charge in [-0.3, -0.25) is 4.79 Å². The number of carbonyl (C=O) groups excluding carboxylic acids is 1. The van der Waals surface area contributed by atoms with Crippen molar-refractivity contribution in [3.63, 3.8) is 0 Å². The fourth-order valence-electron chi connectivity index (χ4n) is 2.30. The largest absolute Gasteiger partial charge is 0.480 e. The van der Waals surface area contributed by atoms with Crippen molar-refractivity contribution in [3.8, 4) is 0 Å². The Balaban J connectivity index is 2.91. The maximum Gasteiger partial charge on any atom is 0.326 e. The summed E-state index contributed by atoms with van der Waals surface area (Å²) in [6.45, 7) is 8.52. The Hall–Kier alpha value is -1.78. The zero-order valence-electron chi connectivity index (χ0n) is 12.0. The lowest BCUT2D eigenvalue weighted by Crippen LogP contribution is -2.40. The Bertz CT molecular complexity index is 477. The summed E-state index contributed by atoms with van der Waals surface area (Å²) in [5.41, 5.74) is 2.44. The number of nitrogens with one attached hydrogen (secondary N) is 1. The first-order valence-corrected chi connectivity index (χ1v) is 6.62. The number of hydrogen-bond donors (Lipinski definition) is 2. The normalized spacial score (nSPS) is 12.2. The molecule has 0 radical (unpaired) electrons.